The zero-order valence-electron chi connectivity index (χ0n) is 10.4. The third-order valence-electron chi connectivity index (χ3n) is 3.66. The highest BCUT2D eigenvalue weighted by Gasteiger charge is 2.44. The Labute approximate surface area is 111 Å². The van der Waals surface area contributed by atoms with Crippen molar-refractivity contribution >= 4 is 17.4 Å². The van der Waals surface area contributed by atoms with E-state index in [0.29, 0.717) is 11.4 Å². The van der Waals surface area contributed by atoms with Gasteiger partial charge in [0.05, 0.1) is 0 Å². The van der Waals surface area contributed by atoms with Crippen LogP contribution in [0, 0.1) is 0 Å². The first-order chi connectivity index (χ1) is 9.14. The molecule has 1 aliphatic heterocycles. The molecule has 1 aliphatic rings. The Bertz CT molecular complexity index is 605. The van der Waals surface area contributed by atoms with E-state index in [1.165, 1.54) is 0 Å². The van der Waals surface area contributed by atoms with E-state index in [1.807, 2.05) is 24.3 Å². The number of carbonyl (C=O) groups excluding carboxylic acids is 1. The Morgan fingerprint density at radius 3 is 1.79 bits per heavy atom. The van der Waals surface area contributed by atoms with Crippen molar-refractivity contribution in [3.05, 3.63) is 59.7 Å². The smallest absolute Gasteiger partial charge is 0.315 e. The lowest BCUT2D eigenvalue weighted by Crippen LogP contribution is -2.50. The predicted molar refractivity (Wildman–Crippen MR) is 73.1 cm³/mol. The van der Waals surface area contributed by atoms with Gasteiger partial charge in [0.25, 0.3) is 0 Å². The Hall–Kier alpha value is -2.17. The molecule has 3 N–H and O–H groups in total. The largest absolute Gasteiger partial charge is 0.457 e. The molecule has 4 heteroatoms. The highest BCUT2D eigenvalue weighted by Crippen LogP contribution is 2.40. The van der Waals surface area contributed by atoms with Crippen LogP contribution in [0.5, 0.6) is 0 Å². The first-order valence-corrected chi connectivity index (χ1v) is 6.23. The maximum Gasteiger partial charge on any atom is 0.457 e. The van der Waals surface area contributed by atoms with Gasteiger partial charge in [-0.25, -0.2) is 4.79 Å². The minimum atomic E-state index is -0.952. The Kier molecular flexibility index (Phi) is 2.62. The average molecular weight is 255 g/mol. The highest BCUT2D eigenvalue weighted by atomic mass is 16.6. The van der Waals surface area contributed by atoms with Gasteiger partial charge >= 0.3 is 6.03 Å². The number of urea groups is 1. The summed E-state index contributed by atoms with van der Waals surface area (Å²) in [5, 5.41) is 10.9. The molecule has 4 nitrogen and oxygen atoms in total. The van der Waals surface area contributed by atoms with Gasteiger partial charge in [0, 0.05) is 23.3 Å². The molecule has 96 valence electrons. The number of carbonyl (C=O) groups is 1. The van der Waals surface area contributed by atoms with Crippen LogP contribution >= 0.6 is 0 Å². The predicted octanol–water partition coefficient (Wildman–Crippen LogP) is 2.89. The summed E-state index contributed by atoms with van der Waals surface area (Å²) in [7, 11) is 0. The molecule has 0 aromatic heterocycles. The number of fused-ring (bicyclic) bond motifs is 2. The van der Waals surface area contributed by atoms with Gasteiger partial charge in [-0.2, -0.15) is 5.21 Å². The van der Waals surface area contributed by atoms with Gasteiger partial charge in [-0.1, -0.05) is 36.4 Å². The molecular weight excluding hydrogens is 240 g/mol. The fourth-order valence-corrected chi connectivity index (χ4v) is 2.71. The monoisotopic (exact) mass is 255 g/mol. The minimum absolute atomic E-state index is 0.542. The fourth-order valence-electron chi connectivity index (χ4n) is 2.71. The van der Waals surface area contributed by atoms with E-state index < -0.39 is 10.7 Å². The first-order valence-electron chi connectivity index (χ1n) is 6.23. The van der Waals surface area contributed by atoms with Gasteiger partial charge in [-0.05, 0) is 17.5 Å². The number of hydrogen-bond donors (Lipinski definition) is 2. The lowest BCUT2D eigenvalue weighted by Gasteiger charge is -2.25. The number of quaternary nitrogens is 1. The number of benzene rings is 2. The molecule has 3 rings (SSSR count). The molecule has 1 heterocycles. The van der Waals surface area contributed by atoms with Crippen molar-refractivity contribution in [3.8, 4) is 0 Å². The summed E-state index contributed by atoms with van der Waals surface area (Å²) in [6.07, 6.45) is 1.56. The highest BCUT2D eigenvalue weighted by molar-refractivity contribution is 5.92. The zero-order valence-corrected chi connectivity index (χ0v) is 10.4. The second kappa shape index (κ2) is 4.19. The van der Waals surface area contributed by atoms with E-state index in [4.69, 9.17) is 5.73 Å². The third-order valence-corrected chi connectivity index (χ3v) is 3.66. The summed E-state index contributed by atoms with van der Waals surface area (Å²) in [6.45, 7) is 0. The van der Waals surface area contributed by atoms with E-state index in [-0.39, 0.29) is 0 Å². The number of para-hydroxylation sites is 2. The van der Waals surface area contributed by atoms with E-state index in [2.05, 4.69) is 0 Å². The van der Waals surface area contributed by atoms with Crippen molar-refractivity contribution in [2.75, 3.05) is 0 Å². The van der Waals surface area contributed by atoms with Crippen LogP contribution in [0.3, 0.4) is 0 Å². The number of hydrogen-bond acceptors (Lipinski definition) is 2. The molecule has 0 spiro atoms. The van der Waals surface area contributed by atoms with Gasteiger partial charge in [0.2, 0.25) is 0 Å². The van der Waals surface area contributed by atoms with Crippen LogP contribution in [0.15, 0.2) is 48.5 Å². The van der Waals surface area contributed by atoms with Crippen LogP contribution in [0.1, 0.15) is 11.1 Å². The summed E-state index contributed by atoms with van der Waals surface area (Å²) in [5.41, 5.74) is 8.46. The van der Waals surface area contributed by atoms with E-state index in [0.717, 1.165) is 24.0 Å². The number of hydroxylamine groups is 1. The van der Waals surface area contributed by atoms with Crippen molar-refractivity contribution in [2.24, 2.45) is 5.73 Å². The Balaban J connectivity index is 2.35. The van der Waals surface area contributed by atoms with Gasteiger partial charge in [-0.3, -0.25) is 0 Å². The molecule has 2 aromatic carbocycles. The van der Waals surface area contributed by atoms with Crippen molar-refractivity contribution in [2.45, 2.75) is 12.8 Å². The molecule has 0 saturated heterocycles. The van der Waals surface area contributed by atoms with Gasteiger partial charge in [0.1, 0.15) is 0 Å². The number of primary amides is 1. The quantitative estimate of drug-likeness (QED) is 0.561. The van der Waals surface area contributed by atoms with E-state index >= 15 is 0 Å². The number of amides is 2. The molecule has 0 unspecified atom stereocenters. The van der Waals surface area contributed by atoms with Gasteiger partial charge < -0.3 is 5.73 Å². The van der Waals surface area contributed by atoms with Crippen LogP contribution in [0.4, 0.5) is 16.2 Å². The standard InChI is InChI=1S/C15H14N2O2/c16-15(18)17(19)13-7-3-1-5-11(13)9-10-12-6-2-4-8-14(12)17/h1-8,19H,9-10H2,(H-,16,18)/p+1. The van der Waals surface area contributed by atoms with E-state index in [1.54, 1.807) is 24.3 Å². The van der Waals surface area contributed by atoms with Crippen LogP contribution in [-0.4, -0.2) is 11.2 Å². The topological polar surface area (TPSA) is 63.3 Å². The molecule has 2 aromatic rings. The average Bonchev–Trinajstić information content (AvgIpc) is 2.56. The molecule has 0 atom stereocenters. The third kappa shape index (κ3) is 1.65. The summed E-state index contributed by atoms with van der Waals surface area (Å²) < 4.78 is -0.952. The van der Waals surface area contributed by atoms with Crippen molar-refractivity contribution in [1.82, 2.24) is 4.65 Å². The maximum absolute atomic E-state index is 11.9. The lowest BCUT2D eigenvalue weighted by atomic mass is 10.0. The second-order valence-corrected chi connectivity index (χ2v) is 4.73. The summed E-state index contributed by atoms with van der Waals surface area (Å²) in [4.78, 5) is 11.9. The summed E-state index contributed by atoms with van der Waals surface area (Å²) in [5.74, 6) is 0. The molecule has 2 amide bonds. The van der Waals surface area contributed by atoms with Crippen LogP contribution in [0.2, 0.25) is 0 Å². The molecule has 0 fully saturated rings. The summed E-state index contributed by atoms with van der Waals surface area (Å²) >= 11 is 0. The van der Waals surface area contributed by atoms with Gasteiger partial charge in [-0.15, -0.1) is 0 Å². The fraction of sp³-hybridized carbons (Fsp3) is 0.133. The van der Waals surface area contributed by atoms with Crippen molar-refractivity contribution < 1.29 is 10.0 Å². The minimum Gasteiger partial charge on any atom is -0.315 e. The molecular formula is C15H15N2O2+. The maximum atomic E-state index is 11.9. The summed E-state index contributed by atoms with van der Waals surface area (Å²) in [6, 6.07) is 14.0. The van der Waals surface area contributed by atoms with E-state index in [9.17, 15) is 10.0 Å². The molecule has 0 bridgehead atoms. The molecule has 19 heavy (non-hydrogen) atoms. The number of nitrogens with zero attached hydrogens (tertiary/aromatic N) is 1. The number of nitrogens with two attached hydrogens (primary N) is 1. The van der Waals surface area contributed by atoms with Crippen LogP contribution in [0.25, 0.3) is 0 Å². The normalized spacial score (nSPS) is 16.1. The van der Waals surface area contributed by atoms with Crippen molar-refractivity contribution in [1.29, 1.82) is 0 Å². The SMILES string of the molecule is NC(=O)[N+]1(O)c2ccccc2CCc2ccccc21. The molecule has 0 aliphatic carbocycles. The van der Waals surface area contributed by atoms with Crippen LogP contribution in [-0.2, 0) is 12.8 Å². The second-order valence-electron chi connectivity index (χ2n) is 4.73. The number of aryl methyl sites for hydroxylation is 2. The number of rotatable bonds is 0. The first kappa shape index (κ1) is 11.9. The van der Waals surface area contributed by atoms with Crippen LogP contribution < -0.4 is 10.4 Å². The van der Waals surface area contributed by atoms with Gasteiger partial charge in [0.15, 0.2) is 11.4 Å². The zero-order chi connectivity index (χ0) is 13.5. The Morgan fingerprint density at radius 1 is 0.947 bits per heavy atom. The Morgan fingerprint density at radius 2 is 1.37 bits per heavy atom. The van der Waals surface area contributed by atoms with Crippen molar-refractivity contribution in [3.63, 3.8) is 0 Å². The lowest BCUT2D eigenvalue weighted by molar-refractivity contribution is 0.0211. The molecule has 0 radical (unpaired) electrons. The molecule has 0 saturated carbocycles.